The zero-order valence-corrected chi connectivity index (χ0v) is 18.3. The summed E-state index contributed by atoms with van der Waals surface area (Å²) in [6.45, 7) is 5.86. The van der Waals surface area contributed by atoms with Gasteiger partial charge in [-0.15, -0.1) is 0 Å². The van der Waals surface area contributed by atoms with E-state index >= 15 is 0 Å². The van der Waals surface area contributed by atoms with E-state index in [1.165, 1.54) is 0 Å². The lowest BCUT2D eigenvalue weighted by Gasteiger charge is -2.46. The van der Waals surface area contributed by atoms with Gasteiger partial charge in [0.05, 0.1) is 10.5 Å². The molecule has 0 aliphatic carbocycles. The van der Waals surface area contributed by atoms with Crippen LogP contribution in [0, 0.1) is 5.41 Å². The molecule has 1 saturated heterocycles. The number of nitrogens with zero attached hydrogens (tertiary/aromatic N) is 3. The molecule has 29 heavy (non-hydrogen) atoms. The van der Waals surface area contributed by atoms with Crippen molar-refractivity contribution in [1.82, 2.24) is 14.9 Å². The predicted octanol–water partition coefficient (Wildman–Crippen LogP) is 5.14. The smallest absolute Gasteiger partial charge is 0.254 e. The molecule has 150 valence electrons. The molecule has 1 amide bonds. The Labute approximate surface area is 179 Å². The van der Waals surface area contributed by atoms with Crippen LogP contribution in [0.3, 0.4) is 0 Å². The number of fused-ring (bicyclic) bond motifs is 1. The van der Waals surface area contributed by atoms with Crippen molar-refractivity contribution in [3.8, 4) is 0 Å². The molecule has 4 rings (SSSR count). The minimum Gasteiger partial charge on any atom is -0.352 e. The molecule has 1 unspecified atom stereocenters. The summed E-state index contributed by atoms with van der Waals surface area (Å²) in [5.41, 5.74) is 0.749. The molecule has 0 radical (unpaired) electrons. The Balaban J connectivity index is 1.58. The van der Waals surface area contributed by atoms with Crippen LogP contribution in [-0.4, -0.2) is 39.9 Å². The highest BCUT2D eigenvalue weighted by molar-refractivity contribution is 9.10. The molecule has 1 atom stereocenters. The van der Waals surface area contributed by atoms with Crippen molar-refractivity contribution in [3.63, 3.8) is 0 Å². The van der Waals surface area contributed by atoms with Gasteiger partial charge in [-0.2, -0.15) is 0 Å². The monoisotopic (exact) mass is 452 g/mol. The molecule has 6 heteroatoms. The van der Waals surface area contributed by atoms with Gasteiger partial charge in [0, 0.05) is 31.0 Å². The first kappa shape index (κ1) is 19.8. The van der Waals surface area contributed by atoms with Gasteiger partial charge < -0.3 is 10.2 Å². The number of carbonyl (C=O) groups excluding carboxylic acids is 1. The Hall–Kier alpha value is -2.47. The number of rotatable bonds is 4. The number of halogens is 1. The van der Waals surface area contributed by atoms with Crippen LogP contribution in [0.5, 0.6) is 0 Å². The molecule has 5 nitrogen and oxygen atoms in total. The number of aromatic nitrogens is 2. The number of hydrogen-bond acceptors (Lipinski definition) is 4. The largest absolute Gasteiger partial charge is 0.352 e. The zero-order chi connectivity index (χ0) is 20.4. The molecule has 2 aromatic carbocycles. The highest BCUT2D eigenvalue weighted by Crippen LogP contribution is 2.36. The lowest BCUT2D eigenvalue weighted by Crippen LogP contribution is -2.55. The number of piperidine rings is 1. The molecule has 0 saturated carbocycles. The average molecular weight is 453 g/mol. The van der Waals surface area contributed by atoms with Gasteiger partial charge in [-0.25, -0.2) is 9.97 Å². The van der Waals surface area contributed by atoms with Gasteiger partial charge in [-0.1, -0.05) is 44.2 Å². The second-order valence-electron chi connectivity index (χ2n) is 8.27. The Morgan fingerprint density at radius 1 is 1.17 bits per heavy atom. The fraction of sp³-hybridized carbons (Fsp3) is 0.348. The molecule has 1 fully saturated rings. The highest BCUT2D eigenvalue weighted by atomic mass is 79.9. The second-order valence-corrected chi connectivity index (χ2v) is 9.19. The van der Waals surface area contributed by atoms with Gasteiger partial charge in [0.25, 0.3) is 5.91 Å². The third-order valence-electron chi connectivity index (χ3n) is 5.83. The van der Waals surface area contributed by atoms with E-state index in [9.17, 15) is 4.79 Å². The molecule has 2 heterocycles. The predicted molar refractivity (Wildman–Crippen MR) is 120 cm³/mol. The normalized spacial score (nSPS) is 18.6. The standard InChI is InChI=1S/C23H25BrN4O/c1-23(2)10-5-11-28(20(23)15-27-22-25-13-19(24)14-26-22)21(29)18-9-8-16-6-3-4-7-17(16)12-18/h3-4,6-9,12-14,20H,5,10-11,15H2,1-2H3,(H,25,26,27). The first-order chi connectivity index (χ1) is 13.9. The first-order valence-corrected chi connectivity index (χ1v) is 10.7. The van der Waals surface area contributed by atoms with E-state index in [1.807, 2.05) is 35.2 Å². The van der Waals surface area contributed by atoms with Gasteiger partial charge in [0.1, 0.15) is 0 Å². The molecule has 3 aromatic rings. The average Bonchev–Trinajstić information content (AvgIpc) is 2.72. The van der Waals surface area contributed by atoms with Crippen LogP contribution < -0.4 is 5.32 Å². The Bertz CT molecular complexity index is 1020. The van der Waals surface area contributed by atoms with E-state index in [-0.39, 0.29) is 17.4 Å². The molecule has 1 aromatic heterocycles. The Kier molecular flexibility index (Phi) is 5.54. The van der Waals surface area contributed by atoms with Gasteiger partial charge in [0.2, 0.25) is 5.95 Å². The van der Waals surface area contributed by atoms with E-state index in [0.717, 1.165) is 40.2 Å². The van der Waals surface area contributed by atoms with Crippen LogP contribution in [0.2, 0.25) is 0 Å². The Morgan fingerprint density at radius 2 is 1.90 bits per heavy atom. The minimum atomic E-state index is 0.00707. The third-order valence-corrected chi connectivity index (χ3v) is 6.24. The van der Waals surface area contributed by atoms with Crippen molar-refractivity contribution in [1.29, 1.82) is 0 Å². The first-order valence-electron chi connectivity index (χ1n) is 9.95. The van der Waals surface area contributed by atoms with Crippen LogP contribution in [0.1, 0.15) is 37.0 Å². The van der Waals surface area contributed by atoms with Gasteiger partial charge in [0.15, 0.2) is 0 Å². The summed E-state index contributed by atoms with van der Waals surface area (Å²) < 4.78 is 0.842. The van der Waals surface area contributed by atoms with E-state index in [0.29, 0.717) is 12.5 Å². The van der Waals surface area contributed by atoms with Crippen LogP contribution in [0.25, 0.3) is 10.8 Å². The van der Waals surface area contributed by atoms with Crippen molar-refractivity contribution in [2.75, 3.05) is 18.4 Å². The zero-order valence-electron chi connectivity index (χ0n) is 16.7. The number of carbonyl (C=O) groups is 1. The van der Waals surface area contributed by atoms with Crippen LogP contribution in [-0.2, 0) is 0 Å². The van der Waals surface area contributed by atoms with Crippen LogP contribution in [0.4, 0.5) is 5.95 Å². The summed E-state index contributed by atoms with van der Waals surface area (Å²) >= 11 is 3.36. The maximum absolute atomic E-state index is 13.5. The summed E-state index contributed by atoms with van der Waals surface area (Å²) in [7, 11) is 0. The Morgan fingerprint density at radius 3 is 2.66 bits per heavy atom. The fourth-order valence-electron chi connectivity index (χ4n) is 4.16. The van der Waals surface area contributed by atoms with Gasteiger partial charge >= 0.3 is 0 Å². The molecule has 1 aliphatic rings. The maximum Gasteiger partial charge on any atom is 0.254 e. The number of benzene rings is 2. The fourth-order valence-corrected chi connectivity index (χ4v) is 4.36. The third kappa shape index (κ3) is 4.27. The molecule has 0 spiro atoms. The topological polar surface area (TPSA) is 58.1 Å². The van der Waals surface area contributed by atoms with Crippen LogP contribution in [0.15, 0.2) is 59.3 Å². The minimum absolute atomic E-state index is 0.00707. The number of hydrogen-bond donors (Lipinski definition) is 1. The lowest BCUT2D eigenvalue weighted by molar-refractivity contribution is 0.0319. The van der Waals surface area contributed by atoms with Crippen molar-refractivity contribution in [2.24, 2.45) is 5.41 Å². The van der Waals surface area contributed by atoms with Crippen molar-refractivity contribution in [2.45, 2.75) is 32.7 Å². The summed E-state index contributed by atoms with van der Waals surface area (Å²) in [4.78, 5) is 24.1. The SMILES string of the molecule is CC1(C)CCCN(C(=O)c2ccc3ccccc3c2)C1CNc1ncc(Br)cn1. The molecule has 1 aliphatic heterocycles. The molecule has 0 bridgehead atoms. The van der Waals surface area contributed by atoms with Crippen molar-refractivity contribution in [3.05, 3.63) is 64.9 Å². The van der Waals surface area contributed by atoms with Crippen molar-refractivity contribution >= 4 is 38.6 Å². The van der Waals surface area contributed by atoms with Crippen LogP contribution >= 0.6 is 15.9 Å². The van der Waals surface area contributed by atoms with Gasteiger partial charge in [-0.3, -0.25) is 4.79 Å². The number of anilines is 1. The van der Waals surface area contributed by atoms with E-state index in [2.05, 4.69) is 57.2 Å². The maximum atomic E-state index is 13.5. The van der Waals surface area contributed by atoms with Gasteiger partial charge in [-0.05, 0) is 57.1 Å². The van der Waals surface area contributed by atoms with E-state index in [1.54, 1.807) is 12.4 Å². The lowest BCUT2D eigenvalue weighted by atomic mass is 9.76. The summed E-state index contributed by atoms with van der Waals surface area (Å²) in [6, 6.07) is 14.2. The molecular weight excluding hydrogens is 428 g/mol. The van der Waals surface area contributed by atoms with Crippen molar-refractivity contribution < 1.29 is 4.79 Å². The summed E-state index contributed by atoms with van der Waals surface area (Å²) in [5, 5.41) is 5.56. The van der Waals surface area contributed by atoms with E-state index < -0.39 is 0 Å². The summed E-state index contributed by atoms with van der Waals surface area (Å²) in [6.07, 6.45) is 5.54. The molecular formula is C23H25BrN4O. The quantitative estimate of drug-likeness (QED) is 0.595. The number of likely N-dealkylation sites (tertiary alicyclic amines) is 1. The molecule has 1 N–H and O–H groups in total. The summed E-state index contributed by atoms with van der Waals surface area (Å²) in [5.74, 6) is 0.666. The number of nitrogens with one attached hydrogen (secondary N) is 1. The number of amides is 1. The highest BCUT2D eigenvalue weighted by Gasteiger charge is 2.40. The second kappa shape index (κ2) is 8.11. The van der Waals surface area contributed by atoms with E-state index in [4.69, 9.17) is 0 Å².